The molecule has 1 amide bonds. The maximum atomic E-state index is 12.5. The number of aromatic nitrogens is 2. The Morgan fingerprint density at radius 1 is 0.941 bits per heavy atom. The van der Waals surface area contributed by atoms with E-state index in [1.807, 2.05) is 65.3 Å². The molecule has 0 aliphatic carbocycles. The topological polar surface area (TPSA) is 77.7 Å². The quantitative estimate of drug-likeness (QED) is 0.292. The van der Waals surface area contributed by atoms with Crippen LogP contribution in [0.5, 0.6) is 11.5 Å². The normalized spacial score (nSPS) is 10.9. The van der Waals surface area contributed by atoms with Crippen LogP contribution in [0, 0.1) is 0 Å². The Hall–Kier alpha value is -4.39. The first kappa shape index (κ1) is 22.8. The van der Waals surface area contributed by atoms with Crippen LogP contribution in [0.3, 0.4) is 0 Å². The summed E-state index contributed by atoms with van der Waals surface area (Å²) in [6.07, 6.45) is 1.76. The number of carbonyl (C=O) groups excluding carboxylic acids is 1. The number of hydrogen-bond acceptors (Lipinski definition) is 5. The van der Waals surface area contributed by atoms with E-state index in [0.717, 1.165) is 22.5 Å². The van der Waals surface area contributed by atoms with Crippen molar-refractivity contribution in [3.05, 3.63) is 90.5 Å². The second-order valence-electron chi connectivity index (χ2n) is 7.52. The largest absolute Gasteiger partial charge is 0.497 e. The van der Waals surface area contributed by atoms with Gasteiger partial charge in [0.1, 0.15) is 11.5 Å². The monoisotopic (exact) mass is 454 g/mol. The van der Waals surface area contributed by atoms with Gasteiger partial charge in [-0.2, -0.15) is 10.2 Å². The number of carbonyl (C=O) groups is 1. The van der Waals surface area contributed by atoms with Gasteiger partial charge in [0.05, 0.1) is 38.4 Å². The van der Waals surface area contributed by atoms with E-state index >= 15 is 0 Å². The van der Waals surface area contributed by atoms with Gasteiger partial charge in [-0.1, -0.05) is 60.7 Å². The number of methoxy groups -OCH3 is 2. The van der Waals surface area contributed by atoms with Gasteiger partial charge in [-0.3, -0.25) is 9.48 Å². The van der Waals surface area contributed by atoms with Crippen LogP contribution in [-0.2, 0) is 11.3 Å². The van der Waals surface area contributed by atoms with Crippen LogP contribution in [0.15, 0.2) is 90.0 Å². The van der Waals surface area contributed by atoms with E-state index in [-0.39, 0.29) is 12.3 Å². The van der Waals surface area contributed by atoms with Crippen molar-refractivity contribution < 1.29 is 14.3 Å². The highest BCUT2D eigenvalue weighted by Crippen LogP contribution is 2.26. The first-order valence-corrected chi connectivity index (χ1v) is 10.9. The molecule has 172 valence electrons. The lowest BCUT2D eigenvalue weighted by molar-refractivity contribution is -0.121. The van der Waals surface area contributed by atoms with Crippen LogP contribution in [-0.4, -0.2) is 36.1 Å². The predicted octanol–water partition coefficient (Wildman–Crippen LogP) is 4.77. The van der Waals surface area contributed by atoms with Crippen LogP contribution in [0.25, 0.3) is 22.5 Å². The number of amides is 1. The molecule has 1 aromatic heterocycles. The van der Waals surface area contributed by atoms with Crippen LogP contribution in [0.4, 0.5) is 0 Å². The predicted molar refractivity (Wildman–Crippen MR) is 133 cm³/mol. The minimum Gasteiger partial charge on any atom is -0.497 e. The van der Waals surface area contributed by atoms with Gasteiger partial charge in [0.25, 0.3) is 0 Å². The van der Waals surface area contributed by atoms with E-state index in [9.17, 15) is 4.79 Å². The zero-order chi connectivity index (χ0) is 23.8. The van der Waals surface area contributed by atoms with E-state index in [4.69, 9.17) is 14.6 Å². The van der Waals surface area contributed by atoms with Gasteiger partial charge in [-0.25, -0.2) is 5.43 Å². The Kier molecular flexibility index (Phi) is 7.35. The van der Waals surface area contributed by atoms with E-state index in [1.54, 1.807) is 32.4 Å². The summed E-state index contributed by atoms with van der Waals surface area (Å²) < 4.78 is 12.4. The number of nitrogens with one attached hydrogen (secondary N) is 1. The number of aryl methyl sites for hydroxylation is 1. The van der Waals surface area contributed by atoms with Crippen molar-refractivity contribution in [3.63, 3.8) is 0 Å². The minimum atomic E-state index is -0.214. The average molecular weight is 455 g/mol. The molecule has 0 spiro atoms. The van der Waals surface area contributed by atoms with Crippen LogP contribution in [0.1, 0.15) is 12.0 Å². The van der Waals surface area contributed by atoms with Crippen molar-refractivity contribution >= 4 is 12.1 Å². The summed E-state index contributed by atoms with van der Waals surface area (Å²) in [4.78, 5) is 12.5. The molecule has 0 fully saturated rings. The first-order valence-electron chi connectivity index (χ1n) is 10.9. The van der Waals surface area contributed by atoms with Crippen LogP contribution >= 0.6 is 0 Å². The SMILES string of the molecule is COc1ccc(OC)c(/C=N\NC(=O)CCn2nc(-c3ccccc3)cc2-c2ccccc2)c1. The number of rotatable bonds is 9. The fourth-order valence-corrected chi connectivity index (χ4v) is 3.56. The maximum Gasteiger partial charge on any atom is 0.241 e. The molecular weight excluding hydrogens is 428 g/mol. The summed E-state index contributed by atoms with van der Waals surface area (Å²) in [5, 5.41) is 8.85. The summed E-state index contributed by atoms with van der Waals surface area (Å²) in [5.41, 5.74) is 7.17. The highest BCUT2D eigenvalue weighted by atomic mass is 16.5. The molecule has 1 heterocycles. The Morgan fingerprint density at radius 3 is 2.32 bits per heavy atom. The van der Waals surface area contributed by atoms with E-state index in [1.165, 1.54) is 6.21 Å². The summed E-state index contributed by atoms with van der Waals surface area (Å²) in [6, 6.07) is 27.4. The average Bonchev–Trinajstić information content (AvgIpc) is 3.33. The van der Waals surface area contributed by atoms with Crippen molar-refractivity contribution in [1.82, 2.24) is 15.2 Å². The third-order valence-electron chi connectivity index (χ3n) is 5.30. The fourth-order valence-electron chi connectivity index (χ4n) is 3.56. The van der Waals surface area contributed by atoms with Crippen molar-refractivity contribution in [2.24, 2.45) is 5.10 Å². The highest BCUT2D eigenvalue weighted by molar-refractivity contribution is 5.85. The number of hydrogen-bond donors (Lipinski definition) is 1. The molecule has 4 aromatic rings. The fraction of sp³-hybridized carbons (Fsp3) is 0.148. The summed E-state index contributed by atoms with van der Waals surface area (Å²) in [5.74, 6) is 1.10. The Bertz CT molecular complexity index is 1270. The smallest absolute Gasteiger partial charge is 0.241 e. The molecular formula is C27H26N4O3. The van der Waals surface area contributed by atoms with Gasteiger partial charge < -0.3 is 9.47 Å². The lowest BCUT2D eigenvalue weighted by Crippen LogP contribution is -2.20. The molecule has 3 aromatic carbocycles. The van der Waals surface area contributed by atoms with E-state index in [0.29, 0.717) is 23.6 Å². The van der Waals surface area contributed by atoms with Gasteiger partial charge in [0, 0.05) is 17.5 Å². The molecule has 0 bridgehead atoms. The van der Waals surface area contributed by atoms with E-state index < -0.39 is 0 Å². The molecule has 34 heavy (non-hydrogen) atoms. The molecule has 0 aliphatic heterocycles. The summed E-state index contributed by atoms with van der Waals surface area (Å²) in [7, 11) is 3.17. The van der Waals surface area contributed by atoms with Gasteiger partial charge in [0.15, 0.2) is 0 Å². The zero-order valence-corrected chi connectivity index (χ0v) is 19.1. The zero-order valence-electron chi connectivity index (χ0n) is 19.1. The molecule has 0 aliphatic rings. The molecule has 7 heteroatoms. The number of hydrazone groups is 1. The van der Waals surface area contributed by atoms with Crippen molar-refractivity contribution in [3.8, 4) is 34.0 Å². The molecule has 0 atom stereocenters. The lowest BCUT2D eigenvalue weighted by atomic mass is 10.1. The van der Waals surface area contributed by atoms with Crippen molar-refractivity contribution in [2.75, 3.05) is 14.2 Å². The third-order valence-corrected chi connectivity index (χ3v) is 5.30. The Morgan fingerprint density at radius 2 is 1.65 bits per heavy atom. The number of benzene rings is 3. The second kappa shape index (κ2) is 11.0. The number of ether oxygens (including phenoxy) is 2. The van der Waals surface area contributed by atoms with E-state index in [2.05, 4.69) is 16.6 Å². The highest BCUT2D eigenvalue weighted by Gasteiger charge is 2.12. The van der Waals surface area contributed by atoms with Crippen molar-refractivity contribution in [2.45, 2.75) is 13.0 Å². The van der Waals surface area contributed by atoms with Gasteiger partial charge in [0.2, 0.25) is 5.91 Å². The van der Waals surface area contributed by atoms with Crippen LogP contribution in [0.2, 0.25) is 0 Å². The molecule has 7 nitrogen and oxygen atoms in total. The van der Waals surface area contributed by atoms with Gasteiger partial charge in [-0.05, 0) is 29.8 Å². The summed E-state index contributed by atoms with van der Waals surface area (Å²) in [6.45, 7) is 0.418. The first-order chi connectivity index (χ1) is 16.7. The Labute approximate surface area is 198 Å². The lowest BCUT2D eigenvalue weighted by Gasteiger charge is -2.08. The molecule has 0 saturated heterocycles. The summed E-state index contributed by atoms with van der Waals surface area (Å²) >= 11 is 0. The van der Waals surface area contributed by atoms with Gasteiger partial charge >= 0.3 is 0 Å². The second-order valence-corrected chi connectivity index (χ2v) is 7.52. The third kappa shape index (κ3) is 5.50. The standard InChI is InChI=1S/C27H26N4O3/c1-33-23-13-14-26(34-2)22(17-23)19-28-29-27(32)15-16-31-25(21-11-7-4-8-12-21)18-24(30-31)20-9-5-3-6-10-20/h3-14,17-19H,15-16H2,1-2H3,(H,29,32)/b28-19-. The maximum absolute atomic E-state index is 12.5. The molecule has 0 unspecified atom stereocenters. The minimum absolute atomic E-state index is 0.214. The van der Waals surface area contributed by atoms with Gasteiger partial charge in [-0.15, -0.1) is 0 Å². The van der Waals surface area contributed by atoms with Crippen LogP contribution < -0.4 is 14.9 Å². The molecule has 1 N–H and O–H groups in total. The van der Waals surface area contributed by atoms with Crippen molar-refractivity contribution in [1.29, 1.82) is 0 Å². The number of nitrogens with zero attached hydrogens (tertiary/aromatic N) is 3. The molecule has 0 saturated carbocycles. The molecule has 0 radical (unpaired) electrons. The molecule has 4 rings (SSSR count). The Balaban J connectivity index is 1.46.